The van der Waals surface area contributed by atoms with Gasteiger partial charge in [0, 0.05) is 21.8 Å². The third kappa shape index (κ3) is 5.99. The summed E-state index contributed by atoms with van der Waals surface area (Å²) in [4.78, 5) is 24.4. The monoisotopic (exact) mass is 473 g/mol. The van der Waals surface area contributed by atoms with Gasteiger partial charge in [-0.3, -0.25) is 25.2 Å². The predicted octanol–water partition coefficient (Wildman–Crippen LogP) is 3.61. The second kappa shape index (κ2) is 10.2. The van der Waals surface area contributed by atoms with Crippen molar-refractivity contribution in [3.8, 4) is 5.75 Å². The highest BCUT2D eigenvalue weighted by atomic mass is 35.5. The van der Waals surface area contributed by atoms with Gasteiger partial charge < -0.3 is 4.74 Å². The van der Waals surface area contributed by atoms with E-state index in [9.17, 15) is 18.0 Å². The van der Waals surface area contributed by atoms with E-state index < -0.39 is 21.8 Å². The summed E-state index contributed by atoms with van der Waals surface area (Å²) < 4.78 is 32.8. The van der Waals surface area contributed by atoms with Gasteiger partial charge in [0.05, 0.1) is 11.5 Å². The number of carbonyl (C=O) groups excluding carboxylic acids is 2. The topological polar surface area (TPSA) is 114 Å². The van der Waals surface area contributed by atoms with E-state index in [-0.39, 0.29) is 21.7 Å². The SMILES string of the molecule is CCOc1ccc(S(=O)(=O)Nc2ccc(C(=O)NNC(=O)c3cccc(Cl)c3)cc2)cc1. The number of rotatable bonds is 7. The molecule has 0 radical (unpaired) electrons. The predicted molar refractivity (Wildman–Crippen MR) is 121 cm³/mol. The van der Waals surface area contributed by atoms with Crippen LogP contribution >= 0.6 is 11.6 Å². The molecule has 0 spiro atoms. The van der Waals surface area contributed by atoms with E-state index in [1.807, 2.05) is 6.92 Å². The summed E-state index contributed by atoms with van der Waals surface area (Å²) in [7, 11) is -3.81. The number of ether oxygens (including phenoxy) is 1. The molecule has 0 unspecified atom stereocenters. The van der Waals surface area contributed by atoms with Crippen molar-refractivity contribution < 1.29 is 22.7 Å². The number of amides is 2. The maximum atomic E-state index is 12.5. The fraction of sp³-hybridized carbons (Fsp3) is 0.0909. The van der Waals surface area contributed by atoms with Gasteiger partial charge >= 0.3 is 0 Å². The minimum absolute atomic E-state index is 0.0755. The maximum absolute atomic E-state index is 12.5. The number of benzene rings is 3. The first-order valence-electron chi connectivity index (χ1n) is 9.50. The number of hydrogen-bond donors (Lipinski definition) is 3. The van der Waals surface area contributed by atoms with E-state index in [1.54, 1.807) is 30.3 Å². The van der Waals surface area contributed by atoms with Gasteiger partial charge in [-0.15, -0.1) is 0 Å². The maximum Gasteiger partial charge on any atom is 0.269 e. The Hall–Kier alpha value is -3.56. The molecular formula is C22H20ClN3O5S. The van der Waals surface area contributed by atoms with Crippen LogP contribution in [0.5, 0.6) is 5.75 Å². The quantitative estimate of drug-likeness (QED) is 0.453. The van der Waals surface area contributed by atoms with Crippen LogP contribution in [0.25, 0.3) is 0 Å². The smallest absolute Gasteiger partial charge is 0.269 e. The minimum Gasteiger partial charge on any atom is -0.494 e. The molecule has 3 aromatic carbocycles. The van der Waals surface area contributed by atoms with E-state index >= 15 is 0 Å². The van der Waals surface area contributed by atoms with Crippen LogP contribution in [0.15, 0.2) is 77.7 Å². The minimum atomic E-state index is -3.81. The molecule has 166 valence electrons. The largest absolute Gasteiger partial charge is 0.494 e. The summed E-state index contributed by atoms with van der Waals surface area (Å²) in [6.45, 7) is 2.32. The van der Waals surface area contributed by atoms with Crippen LogP contribution in [0.2, 0.25) is 5.02 Å². The third-order valence-electron chi connectivity index (χ3n) is 4.22. The van der Waals surface area contributed by atoms with Gasteiger partial charge in [0.25, 0.3) is 21.8 Å². The Balaban J connectivity index is 1.60. The number of nitrogens with one attached hydrogen (secondary N) is 3. The lowest BCUT2D eigenvalue weighted by molar-refractivity contribution is 0.0846. The number of sulfonamides is 1. The van der Waals surface area contributed by atoms with Crippen molar-refractivity contribution in [2.75, 3.05) is 11.3 Å². The molecule has 32 heavy (non-hydrogen) atoms. The highest BCUT2D eigenvalue weighted by Crippen LogP contribution is 2.20. The Bertz CT molecular complexity index is 1210. The zero-order valence-electron chi connectivity index (χ0n) is 17.0. The number of anilines is 1. The first kappa shape index (κ1) is 23.1. The molecule has 10 heteroatoms. The van der Waals surface area contributed by atoms with E-state index in [4.69, 9.17) is 16.3 Å². The average Bonchev–Trinajstić information content (AvgIpc) is 2.78. The molecule has 0 aromatic heterocycles. The molecule has 0 saturated heterocycles. The van der Waals surface area contributed by atoms with Gasteiger partial charge in [0.1, 0.15) is 5.75 Å². The molecule has 3 rings (SSSR count). The Morgan fingerprint density at radius 1 is 0.875 bits per heavy atom. The molecule has 0 bridgehead atoms. The van der Waals surface area contributed by atoms with Crippen molar-refractivity contribution in [2.24, 2.45) is 0 Å². The summed E-state index contributed by atoms with van der Waals surface area (Å²) in [6.07, 6.45) is 0. The fourth-order valence-corrected chi connectivity index (χ4v) is 3.92. The van der Waals surface area contributed by atoms with Crippen molar-refractivity contribution in [2.45, 2.75) is 11.8 Å². The Morgan fingerprint density at radius 2 is 1.50 bits per heavy atom. The molecule has 0 fully saturated rings. The summed E-state index contributed by atoms with van der Waals surface area (Å²) in [5, 5.41) is 0.396. The van der Waals surface area contributed by atoms with Gasteiger partial charge in [-0.25, -0.2) is 8.42 Å². The van der Waals surface area contributed by atoms with Crippen LogP contribution in [0.4, 0.5) is 5.69 Å². The molecule has 2 amide bonds. The van der Waals surface area contributed by atoms with Crippen LogP contribution in [-0.4, -0.2) is 26.8 Å². The van der Waals surface area contributed by atoms with E-state index in [0.29, 0.717) is 17.4 Å². The van der Waals surface area contributed by atoms with Gasteiger partial charge in [-0.2, -0.15) is 0 Å². The second-order valence-corrected chi connectivity index (χ2v) is 8.62. The molecule has 0 aliphatic carbocycles. The fourth-order valence-electron chi connectivity index (χ4n) is 2.67. The van der Waals surface area contributed by atoms with E-state index in [2.05, 4.69) is 15.6 Å². The molecule has 0 aliphatic rings. The van der Waals surface area contributed by atoms with Crippen molar-refractivity contribution in [1.82, 2.24) is 10.9 Å². The zero-order chi connectivity index (χ0) is 23.1. The molecule has 0 aliphatic heterocycles. The highest BCUT2D eigenvalue weighted by Gasteiger charge is 2.15. The Labute approximate surface area is 190 Å². The molecule has 3 N–H and O–H groups in total. The Kier molecular flexibility index (Phi) is 7.34. The van der Waals surface area contributed by atoms with Gasteiger partial charge in [0.2, 0.25) is 0 Å². The standard InChI is InChI=1S/C22H20ClN3O5S/c1-2-31-19-10-12-20(13-11-19)32(29,30)26-18-8-6-15(7-9-18)21(27)24-25-22(28)16-4-3-5-17(23)14-16/h3-14,26H,2H2,1H3,(H,24,27)(H,25,28). The average molecular weight is 474 g/mol. The summed E-state index contributed by atoms with van der Waals surface area (Å²) in [5.41, 5.74) is 5.37. The van der Waals surface area contributed by atoms with Crippen LogP contribution < -0.4 is 20.3 Å². The van der Waals surface area contributed by atoms with Crippen LogP contribution in [0.3, 0.4) is 0 Å². The highest BCUT2D eigenvalue weighted by molar-refractivity contribution is 7.92. The van der Waals surface area contributed by atoms with E-state index in [0.717, 1.165) is 0 Å². The number of halogens is 1. The summed E-state index contributed by atoms with van der Waals surface area (Å²) in [6, 6.07) is 18.0. The van der Waals surface area contributed by atoms with Crippen molar-refractivity contribution in [3.63, 3.8) is 0 Å². The lowest BCUT2D eigenvalue weighted by Crippen LogP contribution is -2.41. The third-order valence-corrected chi connectivity index (χ3v) is 5.85. The van der Waals surface area contributed by atoms with Crippen LogP contribution in [0, 0.1) is 0 Å². The van der Waals surface area contributed by atoms with Gasteiger partial charge in [-0.1, -0.05) is 17.7 Å². The normalized spacial score (nSPS) is 10.8. The summed E-state index contributed by atoms with van der Waals surface area (Å²) >= 11 is 5.85. The first-order chi connectivity index (χ1) is 15.3. The lowest BCUT2D eigenvalue weighted by atomic mass is 10.2. The lowest BCUT2D eigenvalue weighted by Gasteiger charge is -2.10. The van der Waals surface area contributed by atoms with Crippen molar-refractivity contribution >= 4 is 39.1 Å². The molecule has 3 aromatic rings. The molecular weight excluding hydrogens is 454 g/mol. The first-order valence-corrected chi connectivity index (χ1v) is 11.4. The molecule has 0 saturated carbocycles. The van der Waals surface area contributed by atoms with E-state index in [1.165, 1.54) is 42.5 Å². The molecule has 8 nitrogen and oxygen atoms in total. The van der Waals surface area contributed by atoms with Crippen LogP contribution in [0.1, 0.15) is 27.6 Å². The molecule has 0 atom stereocenters. The zero-order valence-corrected chi connectivity index (χ0v) is 18.5. The van der Waals surface area contributed by atoms with Crippen molar-refractivity contribution in [1.29, 1.82) is 0 Å². The Morgan fingerprint density at radius 3 is 2.09 bits per heavy atom. The second-order valence-electron chi connectivity index (χ2n) is 6.51. The van der Waals surface area contributed by atoms with Crippen LogP contribution in [-0.2, 0) is 10.0 Å². The molecule has 0 heterocycles. The number of hydrazine groups is 1. The summed E-state index contributed by atoms with van der Waals surface area (Å²) in [5.74, 6) is -0.522. The number of hydrogen-bond acceptors (Lipinski definition) is 5. The number of carbonyl (C=O) groups is 2. The van der Waals surface area contributed by atoms with Gasteiger partial charge in [0.15, 0.2) is 0 Å². The van der Waals surface area contributed by atoms with Crippen molar-refractivity contribution in [3.05, 3.63) is 88.9 Å². The van der Waals surface area contributed by atoms with Gasteiger partial charge in [-0.05, 0) is 73.7 Å².